The Labute approximate surface area is 83.9 Å². The normalized spacial score (nSPS) is 22.5. The summed E-state index contributed by atoms with van der Waals surface area (Å²) in [5.74, 6) is -1.25. The SMILES string of the molecule is CC(CN1CC(C)(C)CC1=O)C(=O)O. The summed E-state index contributed by atoms with van der Waals surface area (Å²) in [4.78, 5) is 23.7. The van der Waals surface area contributed by atoms with E-state index in [1.54, 1.807) is 11.8 Å². The van der Waals surface area contributed by atoms with Crippen molar-refractivity contribution in [3.8, 4) is 0 Å². The highest BCUT2D eigenvalue weighted by Crippen LogP contribution is 2.30. The van der Waals surface area contributed by atoms with Gasteiger partial charge in [-0.25, -0.2) is 0 Å². The predicted molar refractivity (Wildman–Crippen MR) is 51.8 cm³/mol. The molecule has 1 rings (SSSR count). The highest BCUT2D eigenvalue weighted by atomic mass is 16.4. The van der Waals surface area contributed by atoms with Crippen molar-refractivity contribution >= 4 is 11.9 Å². The van der Waals surface area contributed by atoms with Crippen LogP contribution in [0.15, 0.2) is 0 Å². The first-order valence-corrected chi connectivity index (χ1v) is 4.82. The molecule has 0 aromatic heterocycles. The van der Waals surface area contributed by atoms with Crippen LogP contribution in [0.25, 0.3) is 0 Å². The Balaban J connectivity index is 2.55. The fourth-order valence-corrected chi connectivity index (χ4v) is 1.76. The molecule has 0 radical (unpaired) electrons. The minimum absolute atomic E-state index is 0.00466. The van der Waals surface area contributed by atoms with Gasteiger partial charge in [-0.15, -0.1) is 0 Å². The molecule has 1 aliphatic rings. The van der Waals surface area contributed by atoms with Crippen LogP contribution in [-0.2, 0) is 9.59 Å². The number of carboxylic acids is 1. The fourth-order valence-electron chi connectivity index (χ4n) is 1.76. The summed E-state index contributed by atoms with van der Waals surface area (Å²) in [5, 5.41) is 8.72. The van der Waals surface area contributed by atoms with Crippen molar-refractivity contribution in [3.63, 3.8) is 0 Å². The molecule has 0 aliphatic carbocycles. The number of carbonyl (C=O) groups excluding carboxylic acids is 1. The summed E-state index contributed by atoms with van der Waals surface area (Å²) >= 11 is 0. The van der Waals surface area contributed by atoms with E-state index in [0.29, 0.717) is 19.5 Å². The minimum Gasteiger partial charge on any atom is -0.481 e. The molecule has 14 heavy (non-hydrogen) atoms. The van der Waals surface area contributed by atoms with Gasteiger partial charge in [0.2, 0.25) is 5.91 Å². The summed E-state index contributed by atoms with van der Waals surface area (Å²) in [6.45, 7) is 6.68. The Bertz CT molecular complexity index is 260. The number of hydrogen-bond donors (Lipinski definition) is 1. The highest BCUT2D eigenvalue weighted by Gasteiger charge is 2.36. The number of amides is 1. The molecule has 0 spiro atoms. The van der Waals surface area contributed by atoms with Crippen LogP contribution in [0.1, 0.15) is 27.2 Å². The Morgan fingerprint density at radius 3 is 2.57 bits per heavy atom. The van der Waals surface area contributed by atoms with Gasteiger partial charge in [-0.1, -0.05) is 20.8 Å². The Kier molecular flexibility index (Phi) is 2.83. The Morgan fingerprint density at radius 1 is 1.64 bits per heavy atom. The number of carboxylic acid groups (broad SMARTS) is 1. The van der Waals surface area contributed by atoms with Crippen molar-refractivity contribution < 1.29 is 14.7 Å². The maximum Gasteiger partial charge on any atom is 0.308 e. The molecule has 1 N–H and O–H groups in total. The molecule has 4 nitrogen and oxygen atoms in total. The molecule has 1 heterocycles. The number of aliphatic carboxylic acids is 1. The fraction of sp³-hybridized carbons (Fsp3) is 0.800. The van der Waals surface area contributed by atoms with E-state index in [1.165, 1.54) is 0 Å². The van der Waals surface area contributed by atoms with E-state index in [9.17, 15) is 9.59 Å². The van der Waals surface area contributed by atoms with Gasteiger partial charge < -0.3 is 10.0 Å². The summed E-state index contributed by atoms with van der Waals surface area (Å²) in [6, 6.07) is 0. The summed E-state index contributed by atoms with van der Waals surface area (Å²) in [7, 11) is 0. The van der Waals surface area contributed by atoms with E-state index in [2.05, 4.69) is 0 Å². The molecule has 1 atom stereocenters. The van der Waals surface area contributed by atoms with Gasteiger partial charge in [0, 0.05) is 19.5 Å². The lowest BCUT2D eigenvalue weighted by Gasteiger charge is -2.21. The molecule has 0 bridgehead atoms. The summed E-state index contributed by atoms with van der Waals surface area (Å²) in [5.41, 5.74) is -0.00466. The highest BCUT2D eigenvalue weighted by molar-refractivity contribution is 5.80. The largest absolute Gasteiger partial charge is 0.481 e. The maximum absolute atomic E-state index is 11.5. The van der Waals surface area contributed by atoms with Gasteiger partial charge in [0.1, 0.15) is 0 Å². The topological polar surface area (TPSA) is 57.6 Å². The van der Waals surface area contributed by atoms with E-state index in [1.807, 2.05) is 13.8 Å². The molecule has 80 valence electrons. The average Bonchev–Trinajstić information content (AvgIpc) is 2.24. The molecule has 0 aromatic carbocycles. The third kappa shape index (κ3) is 2.47. The van der Waals surface area contributed by atoms with Crippen molar-refractivity contribution in [2.45, 2.75) is 27.2 Å². The number of likely N-dealkylation sites (tertiary alicyclic amines) is 1. The molecule has 0 saturated carbocycles. The number of nitrogens with zero attached hydrogens (tertiary/aromatic N) is 1. The molecule has 1 aliphatic heterocycles. The molecular weight excluding hydrogens is 182 g/mol. The van der Waals surface area contributed by atoms with Gasteiger partial charge in [-0.05, 0) is 5.41 Å². The average molecular weight is 199 g/mol. The van der Waals surface area contributed by atoms with Crippen molar-refractivity contribution in [3.05, 3.63) is 0 Å². The van der Waals surface area contributed by atoms with E-state index in [0.717, 1.165) is 0 Å². The first-order chi connectivity index (χ1) is 6.32. The number of rotatable bonds is 3. The summed E-state index contributed by atoms with van der Waals surface area (Å²) in [6.07, 6.45) is 0.527. The number of hydrogen-bond acceptors (Lipinski definition) is 2. The van der Waals surface area contributed by atoms with Crippen LogP contribution < -0.4 is 0 Å². The second-order valence-corrected chi connectivity index (χ2v) is 4.85. The second-order valence-electron chi connectivity index (χ2n) is 4.85. The number of carbonyl (C=O) groups is 2. The van der Waals surface area contributed by atoms with Crippen LogP contribution in [0.3, 0.4) is 0 Å². The van der Waals surface area contributed by atoms with Crippen molar-refractivity contribution in [2.75, 3.05) is 13.1 Å². The second kappa shape index (κ2) is 3.59. The van der Waals surface area contributed by atoms with Gasteiger partial charge in [-0.2, -0.15) is 0 Å². The first kappa shape index (κ1) is 11.0. The van der Waals surface area contributed by atoms with Crippen LogP contribution in [0.2, 0.25) is 0 Å². The lowest BCUT2D eigenvalue weighted by Crippen LogP contribution is -2.33. The standard InChI is InChI=1S/C10H17NO3/c1-7(9(13)14)5-11-6-10(2,3)4-8(11)12/h7H,4-6H2,1-3H3,(H,13,14). The van der Waals surface area contributed by atoms with E-state index in [-0.39, 0.29) is 11.3 Å². The first-order valence-electron chi connectivity index (χ1n) is 4.82. The van der Waals surface area contributed by atoms with Gasteiger partial charge in [0.05, 0.1) is 5.92 Å². The molecule has 0 aromatic rings. The zero-order chi connectivity index (χ0) is 10.9. The zero-order valence-corrected chi connectivity index (χ0v) is 8.91. The van der Waals surface area contributed by atoms with Crippen molar-refractivity contribution in [1.82, 2.24) is 4.90 Å². The quantitative estimate of drug-likeness (QED) is 0.736. The van der Waals surface area contributed by atoms with Crippen LogP contribution in [0.4, 0.5) is 0 Å². The van der Waals surface area contributed by atoms with Gasteiger partial charge in [0.25, 0.3) is 0 Å². The minimum atomic E-state index is -0.845. The molecule has 1 saturated heterocycles. The molecule has 1 unspecified atom stereocenters. The monoisotopic (exact) mass is 199 g/mol. The van der Waals surface area contributed by atoms with Gasteiger partial charge in [-0.3, -0.25) is 9.59 Å². The maximum atomic E-state index is 11.5. The summed E-state index contributed by atoms with van der Waals surface area (Å²) < 4.78 is 0. The van der Waals surface area contributed by atoms with Gasteiger partial charge in [0.15, 0.2) is 0 Å². The molecule has 1 fully saturated rings. The molecular formula is C10H17NO3. The Hall–Kier alpha value is -1.06. The Morgan fingerprint density at radius 2 is 2.21 bits per heavy atom. The lowest BCUT2D eigenvalue weighted by atomic mass is 9.93. The van der Waals surface area contributed by atoms with Crippen molar-refractivity contribution in [2.24, 2.45) is 11.3 Å². The lowest BCUT2D eigenvalue weighted by molar-refractivity contribution is -0.142. The molecule has 1 amide bonds. The van der Waals surface area contributed by atoms with Crippen LogP contribution in [-0.4, -0.2) is 35.0 Å². The van der Waals surface area contributed by atoms with Crippen LogP contribution in [0, 0.1) is 11.3 Å². The third-order valence-electron chi connectivity index (χ3n) is 2.52. The zero-order valence-electron chi connectivity index (χ0n) is 8.91. The van der Waals surface area contributed by atoms with Crippen molar-refractivity contribution in [1.29, 1.82) is 0 Å². The third-order valence-corrected chi connectivity index (χ3v) is 2.52. The van der Waals surface area contributed by atoms with Crippen LogP contribution in [0.5, 0.6) is 0 Å². The molecule has 4 heteroatoms. The smallest absolute Gasteiger partial charge is 0.308 e. The van der Waals surface area contributed by atoms with E-state index < -0.39 is 11.9 Å². The van der Waals surface area contributed by atoms with E-state index in [4.69, 9.17) is 5.11 Å². The van der Waals surface area contributed by atoms with Crippen LogP contribution >= 0.6 is 0 Å². The van der Waals surface area contributed by atoms with Gasteiger partial charge >= 0.3 is 5.97 Å². The van der Waals surface area contributed by atoms with E-state index >= 15 is 0 Å². The predicted octanol–water partition coefficient (Wildman–Crippen LogP) is 0.966.